The van der Waals surface area contributed by atoms with Crippen molar-refractivity contribution < 1.29 is 8.42 Å². The highest BCUT2D eigenvalue weighted by Gasteiger charge is 2.22. The molecule has 0 radical (unpaired) electrons. The highest BCUT2D eigenvalue weighted by molar-refractivity contribution is 7.89. The Labute approximate surface area is 148 Å². The van der Waals surface area contributed by atoms with Crippen molar-refractivity contribution in [3.05, 3.63) is 45.9 Å². The van der Waals surface area contributed by atoms with Crippen molar-refractivity contribution in [2.45, 2.75) is 56.4 Å². The summed E-state index contributed by atoms with van der Waals surface area (Å²) in [6, 6.07) is 7.50. The summed E-state index contributed by atoms with van der Waals surface area (Å²) in [5.41, 5.74) is 1.27. The van der Waals surface area contributed by atoms with Gasteiger partial charge in [0.25, 0.3) is 0 Å². The van der Waals surface area contributed by atoms with Gasteiger partial charge < -0.3 is 0 Å². The molecule has 1 saturated carbocycles. The van der Waals surface area contributed by atoms with Crippen LogP contribution in [0.4, 0.5) is 0 Å². The third-order valence-electron chi connectivity index (χ3n) is 4.71. The van der Waals surface area contributed by atoms with E-state index in [0.717, 1.165) is 9.88 Å². The van der Waals surface area contributed by atoms with Crippen molar-refractivity contribution in [3.8, 4) is 0 Å². The second-order valence-corrected chi connectivity index (χ2v) is 9.87. The Kier molecular flexibility index (Phi) is 5.37. The zero-order valence-corrected chi connectivity index (χ0v) is 15.9. The van der Waals surface area contributed by atoms with E-state index in [9.17, 15) is 8.42 Å². The number of aromatic nitrogens is 1. The van der Waals surface area contributed by atoms with E-state index in [4.69, 9.17) is 0 Å². The molecule has 24 heavy (non-hydrogen) atoms. The van der Waals surface area contributed by atoms with E-state index >= 15 is 0 Å². The summed E-state index contributed by atoms with van der Waals surface area (Å²) < 4.78 is 26.9. The monoisotopic (exact) mass is 364 g/mol. The second kappa shape index (κ2) is 7.33. The highest BCUT2D eigenvalue weighted by atomic mass is 32.2. The molecule has 2 aromatic rings. The van der Waals surface area contributed by atoms with Crippen molar-refractivity contribution in [1.82, 2.24) is 9.29 Å². The van der Waals surface area contributed by atoms with Crippen molar-refractivity contribution in [2.24, 2.45) is 0 Å². The molecule has 1 fully saturated rings. The zero-order valence-electron chi connectivity index (χ0n) is 14.2. The van der Waals surface area contributed by atoms with Crippen LogP contribution in [0.3, 0.4) is 0 Å². The fourth-order valence-electron chi connectivity index (χ4n) is 3.31. The van der Waals surface area contributed by atoms with Crippen LogP contribution in [0.25, 0.3) is 0 Å². The SMILES string of the molecule is Cc1ncc(CN(C)S(=O)(=O)c2ccc(C3CCCCC3)cc2)s1. The van der Waals surface area contributed by atoms with Crippen LogP contribution in [0.1, 0.15) is 53.5 Å². The number of rotatable bonds is 5. The van der Waals surface area contributed by atoms with E-state index < -0.39 is 10.0 Å². The predicted octanol–water partition coefficient (Wildman–Crippen LogP) is 4.32. The quantitative estimate of drug-likeness (QED) is 0.794. The van der Waals surface area contributed by atoms with Gasteiger partial charge in [0.05, 0.1) is 9.90 Å². The Morgan fingerprint density at radius 1 is 1.17 bits per heavy atom. The van der Waals surface area contributed by atoms with Crippen molar-refractivity contribution in [1.29, 1.82) is 0 Å². The number of aryl methyl sites for hydroxylation is 1. The first kappa shape index (κ1) is 17.6. The van der Waals surface area contributed by atoms with Gasteiger partial charge in [-0.15, -0.1) is 11.3 Å². The van der Waals surface area contributed by atoms with Gasteiger partial charge in [-0.3, -0.25) is 0 Å². The Morgan fingerprint density at radius 2 is 1.83 bits per heavy atom. The molecule has 0 bridgehead atoms. The Bertz CT molecular complexity index is 776. The maximum atomic E-state index is 12.7. The van der Waals surface area contributed by atoms with Gasteiger partial charge in [0.1, 0.15) is 0 Å². The third kappa shape index (κ3) is 3.87. The summed E-state index contributed by atoms with van der Waals surface area (Å²) in [4.78, 5) is 5.51. The van der Waals surface area contributed by atoms with Gasteiger partial charge >= 0.3 is 0 Å². The minimum atomic E-state index is -3.46. The smallest absolute Gasteiger partial charge is 0.243 e. The number of nitrogens with zero attached hydrogens (tertiary/aromatic N) is 2. The van der Waals surface area contributed by atoms with Gasteiger partial charge in [-0.1, -0.05) is 31.4 Å². The molecular weight excluding hydrogens is 340 g/mol. The molecule has 0 aliphatic heterocycles. The van der Waals surface area contributed by atoms with Crippen LogP contribution < -0.4 is 0 Å². The summed E-state index contributed by atoms with van der Waals surface area (Å²) in [7, 11) is -1.84. The summed E-state index contributed by atoms with van der Waals surface area (Å²) in [5.74, 6) is 0.591. The van der Waals surface area contributed by atoms with Gasteiger partial charge in [0.15, 0.2) is 0 Å². The van der Waals surface area contributed by atoms with Crippen LogP contribution in [-0.4, -0.2) is 24.8 Å². The summed E-state index contributed by atoms with van der Waals surface area (Å²) in [6.45, 7) is 2.28. The zero-order chi connectivity index (χ0) is 17.2. The molecule has 1 aromatic heterocycles. The Morgan fingerprint density at radius 3 is 2.42 bits per heavy atom. The van der Waals surface area contributed by atoms with Crippen LogP contribution in [0.15, 0.2) is 35.4 Å². The maximum Gasteiger partial charge on any atom is 0.243 e. The van der Waals surface area contributed by atoms with E-state index in [0.29, 0.717) is 17.4 Å². The van der Waals surface area contributed by atoms with Crippen LogP contribution in [-0.2, 0) is 16.6 Å². The third-order valence-corrected chi connectivity index (χ3v) is 7.43. The topological polar surface area (TPSA) is 50.3 Å². The molecule has 3 rings (SSSR count). The number of thiazole rings is 1. The van der Waals surface area contributed by atoms with Gasteiger partial charge in [-0.05, 0) is 43.4 Å². The van der Waals surface area contributed by atoms with Crippen molar-refractivity contribution >= 4 is 21.4 Å². The number of sulfonamides is 1. The molecule has 6 heteroatoms. The Hall–Kier alpha value is -1.24. The van der Waals surface area contributed by atoms with Gasteiger partial charge in [-0.25, -0.2) is 13.4 Å². The fraction of sp³-hybridized carbons (Fsp3) is 0.500. The molecular formula is C18H24N2O2S2. The summed E-state index contributed by atoms with van der Waals surface area (Å²) in [6.07, 6.45) is 8.07. The molecule has 1 aromatic carbocycles. The van der Waals surface area contributed by atoms with Gasteiger partial charge in [0.2, 0.25) is 10.0 Å². The first-order valence-electron chi connectivity index (χ1n) is 8.44. The molecule has 1 aliphatic carbocycles. The lowest BCUT2D eigenvalue weighted by Crippen LogP contribution is -2.26. The van der Waals surface area contributed by atoms with Crippen LogP contribution >= 0.6 is 11.3 Å². The lowest BCUT2D eigenvalue weighted by atomic mass is 9.84. The van der Waals surface area contributed by atoms with E-state index in [1.807, 2.05) is 19.1 Å². The van der Waals surface area contributed by atoms with Gasteiger partial charge in [0, 0.05) is 24.7 Å². The normalized spacial score (nSPS) is 16.6. The second-order valence-electron chi connectivity index (χ2n) is 6.51. The molecule has 1 heterocycles. The minimum Gasteiger partial charge on any atom is -0.250 e. The van der Waals surface area contributed by atoms with E-state index in [2.05, 4.69) is 4.98 Å². The lowest BCUT2D eigenvalue weighted by Gasteiger charge is -2.22. The molecule has 0 amide bonds. The number of hydrogen-bond acceptors (Lipinski definition) is 4. The average Bonchev–Trinajstić information content (AvgIpc) is 3.00. The number of benzene rings is 1. The fourth-order valence-corrected chi connectivity index (χ4v) is 5.39. The average molecular weight is 365 g/mol. The molecule has 0 N–H and O–H groups in total. The highest BCUT2D eigenvalue weighted by Crippen LogP contribution is 2.33. The molecule has 4 nitrogen and oxygen atoms in total. The molecule has 0 atom stereocenters. The Balaban J connectivity index is 1.73. The first-order chi connectivity index (χ1) is 11.5. The molecule has 0 unspecified atom stereocenters. The van der Waals surface area contributed by atoms with E-state index in [1.54, 1.807) is 25.4 Å². The van der Waals surface area contributed by atoms with Crippen LogP contribution in [0.5, 0.6) is 0 Å². The van der Waals surface area contributed by atoms with E-state index in [1.165, 1.54) is 53.3 Å². The predicted molar refractivity (Wildman–Crippen MR) is 97.8 cm³/mol. The van der Waals surface area contributed by atoms with Crippen molar-refractivity contribution in [2.75, 3.05) is 7.05 Å². The molecule has 0 spiro atoms. The molecule has 1 aliphatic rings. The number of hydrogen-bond donors (Lipinski definition) is 0. The van der Waals surface area contributed by atoms with E-state index in [-0.39, 0.29) is 0 Å². The van der Waals surface area contributed by atoms with Gasteiger partial charge in [-0.2, -0.15) is 4.31 Å². The first-order valence-corrected chi connectivity index (χ1v) is 10.7. The lowest BCUT2D eigenvalue weighted by molar-refractivity contribution is 0.443. The summed E-state index contributed by atoms with van der Waals surface area (Å²) in [5, 5.41) is 0.952. The standard InChI is InChI=1S/C18H24N2O2S2/c1-14-19-12-17(23-14)13-20(2)24(21,22)18-10-8-16(9-11-18)15-6-4-3-5-7-15/h8-12,15H,3-7,13H2,1-2H3. The molecule has 0 saturated heterocycles. The van der Waals surface area contributed by atoms with Crippen LogP contribution in [0, 0.1) is 6.92 Å². The molecule has 130 valence electrons. The largest absolute Gasteiger partial charge is 0.250 e. The minimum absolute atomic E-state index is 0.359. The summed E-state index contributed by atoms with van der Waals surface area (Å²) >= 11 is 1.53. The van der Waals surface area contributed by atoms with Crippen molar-refractivity contribution in [3.63, 3.8) is 0 Å². The van der Waals surface area contributed by atoms with Crippen LogP contribution in [0.2, 0.25) is 0 Å². The maximum absolute atomic E-state index is 12.7.